The van der Waals surface area contributed by atoms with E-state index in [1.165, 1.54) is 25.7 Å². The first-order valence-corrected chi connectivity index (χ1v) is 9.11. The Bertz CT molecular complexity index is 447. The van der Waals surface area contributed by atoms with Crippen molar-refractivity contribution in [2.75, 3.05) is 25.5 Å². The molecule has 0 bridgehead atoms. The molecule has 1 unspecified atom stereocenters. The van der Waals surface area contributed by atoms with Gasteiger partial charge in [0.05, 0.1) is 12.2 Å². The Morgan fingerprint density at radius 3 is 2.65 bits per heavy atom. The molecule has 7 heteroatoms. The number of nitrogens with zero attached hydrogens (tertiary/aromatic N) is 3. The minimum atomic E-state index is 0. The maximum atomic E-state index is 4.64. The lowest BCUT2D eigenvalue weighted by Crippen LogP contribution is -2.42. The third-order valence-electron chi connectivity index (χ3n) is 3.29. The highest BCUT2D eigenvalue weighted by atomic mass is 127. The highest BCUT2D eigenvalue weighted by Crippen LogP contribution is 2.18. The van der Waals surface area contributed by atoms with Gasteiger partial charge in [0.1, 0.15) is 0 Å². The summed E-state index contributed by atoms with van der Waals surface area (Å²) in [5.41, 5.74) is 1.02. The van der Waals surface area contributed by atoms with Crippen LogP contribution in [0.3, 0.4) is 0 Å². The van der Waals surface area contributed by atoms with Gasteiger partial charge in [-0.1, -0.05) is 26.2 Å². The highest BCUT2D eigenvalue weighted by Gasteiger charge is 2.06. The van der Waals surface area contributed by atoms with E-state index in [9.17, 15) is 0 Å². The second kappa shape index (κ2) is 12.8. The molecule has 134 valence electrons. The summed E-state index contributed by atoms with van der Waals surface area (Å²) in [7, 11) is 4.02. The van der Waals surface area contributed by atoms with Gasteiger partial charge in [-0.2, -0.15) is 0 Å². The first-order valence-electron chi connectivity index (χ1n) is 8.23. The van der Waals surface area contributed by atoms with Crippen LogP contribution in [0.4, 0.5) is 5.13 Å². The maximum absolute atomic E-state index is 4.64. The van der Waals surface area contributed by atoms with Gasteiger partial charge in [-0.15, -0.1) is 35.3 Å². The molecule has 2 N–H and O–H groups in total. The molecular formula is C16H32IN5S. The van der Waals surface area contributed by atoms with Crippen LogP contribution in [-0.4, -0.2) is 37.6 Å². The summed E-state index contributed by atoms with van der Waals surface area (Å²) in [5.74, 6) is 0.880. The van der Waals surface area contributed by atoms with Gasteiger partial charge >= 0.3 is 0 Å². The molecule has 1 aromatic heterocycles. The third kappa shape index (κ3) is 9.34. The normalized spacial score (nSPS) is 12.5. The fraction of sp³-hybridized carbons (Fsp3) is 0.750. The fourth-order valence-electron chi connectivity index (χ4n) is 2.06. The monoisotopic (exact) mass is 453 g/mol. The summed E-state index contributed by atoms with van der Waals surface area (Å²) in [6, 6.07) is 0.442. The first kappa shape index (κ1) is 22.4. The van der Waals surface area contributed by atoms with Crippen LogP contribution in [0.1, 0.15) is 52.1 Å². The van der Waals surface area contributed by atoms with Crippen LogP contribution in [0.25, 0.3) is 0 Å². The van der Waals surface area contributed by atoms with Crippen molar-refractivity contribution >= 4 is 46.4 Å². The van der Waals surface area contributed by atoms with E-state index in [4.69, 9.17) is 0 Å². The van der Waals surface area contributed by atoms with Gasteiger partial charge in [0.15, 0.2) is 11.1 Å². The summed E-state index contributed by atoms with van der Waals surface area (Å²) < 4.78 is 0. The van der Waals surface area contributed by atoms with Crippen molar-refractivity contribution in [1.29, 1.82) is 0 Å². The second-order valence-corrected chi connectivity index (χ2v) is 6.59. The largest absolute Gasteiger partial charge is 0.357 e. The maximum Gasteiger partial charge on any atom is 0.191 e. The van der Waals surface area contributed by atoms with Crippen molar-refractivity contribution in [2.24, 2.45) is 4.99 Å². The van der Waals surface area contributed by atoms with Gasteiger partial charge in [0, 0.05) is 32.1 Å². The van der Waals surface area contributed by atoms with E-state index >= 15 is 0 Å². The van der Waals surface area contributed by atoms with Gasteiger partial charge in [-0.05, 0) is 20.3 Å². The average Bonchev–Trinajstić information content (AvgIpc) is 2.94. The Morgan fingerprint density at radius 2 is 2.09 bits per heavy atom. The van der Waals surface area contributed by atoms with E-state index < -0.39 is 0 Å². The Morgan fingerprint density at radius 1 is 1.35 bits per heavy atom. The SMILES string of the molecule is CCCCCC(C)NC(=NCc1csc(N(C)C)n1)NCC.I. The molecule has 1 aromatic rings. The number of anilines is 1. The Balaban J connectivity index is 0.00000484. The molecule has 0 amide bonds. The molecule has 0 saturated heterocycles. The smallest absolute Gasteiger partial charge is 0.191 e. The van der Waals surface area contributed by atoms with E-state index in [-0.39, 0.29) is 24.0 Å². The summed E-state index contributed by atoms with van der Waals surface area (Å²) in [5, 5.41) is 9.89. The molecule has 1 atom stereocenters. The lowest BCUT2D eigenvalue weighted by Gasteiger charge is -2.17. The number of guanidine groups is 1. The molecule has 0 spiro atoms. The molecule has 0 radical (unpaired) electrons. The zero-order valence-corrected chi connectivity index (χ0v) is 18.2. The Labute approximate surface area is 162 Å². The predicted octanol–water partition coefficient (Wildman–Crippen LogP) is 3.85. The van der Waals surface area contributed by atoms with Crippen molar-refractivity contribution in [1.82, 2.24) is 15.6 Å². The molecule has 1 heterocycles. The first-order chi connectivity index (χ1) is 10.6. The number of hydrogen-bond donors (Lipinski definition) is 2. The number of hydrogen-bond acceptors (Lipinski definition) is 4. The Hall–Kier alpha value is -0.570. The van der Waals surface area contributed by atoms with E-state index in [0.29, 0.717) is 12.6 Å². The average molecular weight is 453 g/mol. The van der Waals surface area contributed by atoms with Crippen LogP contribution in [0.2, 0.25) is 0 Å². The van der Waals surface area contributed by atoms with Crippen molar-refractivity contribution in [2.45, 2.75) is 59.0 Å². The van der Waals surface area contributed by atoms with Crippen LogP contribution < -0.4 is 15.5 Å². The van der Waals surface area contributed by atoms with E-state index in [1.54, 1.807) is 11.3 Å². The van der Waals surface area contributed by atoms with Gasteiger partial charge in [-0.3, -0.25) is 0 Å². The zero-order valence-electron chi connectivity index (χ0n) is 15.1. The van der Waals surface area contributed by atoms with Crippen LogP contribution in [0, 0.1) is 0 Å². The summed E-state index contributed by atoms with van der Waals surface area (Å²) in [4.78, 5) is 11.2. The highest BCUT2D eigenvalue weighted by molar-refractivity contribution is 14.0. The standard InChI is InChI=1S/C16H31N5S.HI/c1-6-8-9-10-13(3)19-15(17-7-2)18-11-14-12-22-16(20-14)21(4)5;/h12-13H,6-11H2,1-5H3,(H2,17,18,19);1H. The topological polar surface area (TPSA) is 52.6 Å². The summed E-state index contributed by atoms with van der Waals surface area (Å²) in [6.45, 7) is 8.02. The quantitative estimate of drug-likeness (QED) is 0.258. The van der Waals surface area contributed by atoms with Crippen molar-refractivity contribution < 1.29 is 0 Å². The van der Waals surface area contributed by atoms with Gasteiger partial charge in [0.2, 0.25) is 0 Å². The number of unbranched alkanes of at least 4 members (excludes halogenated alkanes) is 2. The van der Waals surface area contributed by atoms with Gasteiger partial charge < -0.3 is 15.5 Å². The fourth-order valence-corrected chi connectivity index (χ4v) is 2.81. The molecule has 0 aliphatic rings. The molecule has 0 aliphatic carbocycles. The lowest BCUT2D eigenvalue weighted by atomic mass is 10.1. The number of halogens is 1. The van der Waals surface area contributed by atoms with E-state index in [2.05, 4.69) is 46.8 Å². The number of aromatic nitrogens is 1. The molecule has 0 saturated carbocycles. The van der Waals surface area contributed by atoms with Crippen LogP contribution in [0.5, 0.6) is 0 Å². The van der Waals surface area contributed by atoms with Crippen molar-refractivity contribution in [3.05, 3.63) is 11.1 Å². The molecule has 5 nitrogen and oxygen atoms in total. The lowest BCUT2D eigenvalue weighted by molar-refractivity contribution is 0.547. The van der Waals surface area contributed by atoms with E-state index in [1.807, 2.05) is 19.0 Å². The number of aliphatic imine (C=N–C) groups is 1. The number of thiazole rings is 1. The molecular weight excluding hydrogens is 421 g/mol. The third-order valence-corrected chi connectivity index (χ3v) is 4.35. The second-order valence-electron chi connectivity index (χ2n) is 5.75. The molecule has 0 aromatic carbocycles. The van der Waals surface area contributed by atoms with Crippen LogP contribution in [-0.2, 0) is 6.54 Å². The summed E-state index contributed by atoms with van der Waals surface area (Å²) in [6.07, 6.45) is 5.01. The Kier molecular flexibility index (Phi) is 12.5. The minimum Gasteiger partial charge on any atom is -0.357 e. The predicted molar refractivity (Wildman–Crippen MR) is 113 cm³/mol. The molecule has 0 aliphatic heterocycles. The minimum absolute atomic E-state index is 0. The zero-order chi connectivity index (χ0) is 16.4. The van der Waals surface area contributed by atoms with Gasteiger partial charge in [-0.25, -0.2) is 9.98 Å². The van der Waals surface area contributed by atoms with Crippen LogP contribution >= 0.6 is 35.3 Å². The number of rotatable bonds is 9. The van der Waals surface area contributed by atoms with Crippen molar-refractivity contribution in [3.63, 3.8) is 0 Å². The summed E-state index contributed by atoms with van der Waals surface area (Å²) >= 11 is 1.65. The molecule has 0 fully saturated rings. The van der Waals surface area contributed by atoms with Gasteiger partial charge in [0.25, 0.3) is 0 Å². The van der Waals surface area contributed by atoms with E-state index in [0.717, 1.165) is 23.3 Å². The van der Waals surface area contributed by atoms with Crippen molar-refractivity contribution in [3.8, 4) is 0 Å². The number of nitrogens with one attached hydrogen (secondary N) is 2. The van der Waals surface area contributed by atoms with Crippen LogP contribution in [0.15, 0.2) is 10.4 Å². The molecule has 23 heavy (non-hydrogen) atoms. The molecule has 1 rings (SSSR count).